The standard InChI is InChI=1S/C11H20/c1-4-8(2)9(3)10-7-11(10)5-6-11/h8-10H,4-7H2,1-3H3. The van der Waals surface area contributed by atoms with Crippen molar-refractivity contribution >= 4 is 0 Å². The fraction of sp³-hybridized carbons (Fsp3) is 1.00. The molecule has 3 unspecified atom stereocenters. The molecule has 11 heavy (non-hydrogen) atoms. The van der Waals surface area contributed by atoms with E-state index in [9.17, 15) is 0 Å². The number of hydrogen-bond donors (Lipinski definition) is 0. The lowest BCUT2D eigenvalue weighted by Crippen LogP contribution is -2.10. The van der Waals surface area contributed by atoms with E-state index in [-0.39, 0.29) is 0 Å². The molecule has 2 aliphatic carbocycles. The summed E-state index contributed by atoms with van der Waals surface area (Å²) in [5, 5.41) is 0. The van der Waals surface area contributed by atoms with Gasteiger partial charge in [0.1, 0.15) is 0 Å². The third-order valence-corrected chi connectivity index (χ3v) is 4.32. The Morgan fingerprint density at radius 1 is 1.36 bits per heavy atom. The summed E-state index contributed by atoms with van der Waals surface area (Å²) >= 11 is 0. The highest BCUT2D eigenvalue weighted by atomic mass is 14.7. The maximum absolute atomic E-state index is 2.46. The van der Waals surface area contributed by atoms with Crippen molar-refractivity contribution in [1.29, 1.82) is 0 Å². The molecule has 0 aliphatic heterocycles. The highest BCUT2D eigenvalue weighted by Crippen LogP contribution is 2.73. The van der Waals surface area contributed by atoms with E-state index in [2.05, 4.69) is 20.8 Å². The summed E-state index contributed by atoms with van der Waals surface area (Å²) in [6, 6.07) is 0. The highest BCUT2D eigenvalue weighted by molar-refractivity contribution is 5.13. The van der Waals surface area contributed by atoms with Crippen LogP contribution in [0.15, 0.2) is 0 Å². The van der Waals surface area contributed by atoms with Gasteiger partial charge in [0.15, 0.2) is 0 Å². The summed E-state index contributed by atoms with van der Waals surface area (Å²) in [6.07, 6.45) is 6.04. The second-order valence-electron chi connectivity index (χ2n) is 4.92. The first-order chi connectivity index (χ1) is 5.19. The minimum Gasteiger partial charge on any atom is -0.0651 e. The van der Waals surface area contributed by atoms with Crippen molar-refractivity contribution in [1.82, 2.24) is 0 Å². The maximum atomic E-state index is 2.46. The zero-order valence-corrected chi connectivity index (χ0v) is 8.06. The number of rotatable bonds is 3. The lowest BCUT2D eigenvalue weighted by atomic mass is 9.88. The summed E-state index contributed by atoms with van der Waals surface area (Å²) in [7, 11) is 0. The topological polar surface area (TPSA) is 0 Å². The van der Waals surface area contributed by atoms with Crippen LogP contribution in [0.3, 0.4) is 0 Å². The molecular formula is C11H20. The largest absolute Gasteiger partial charge is 0.0651 e. The first-order valence-corrected chi connectivity index (χ1v) is 5.19. The molecule has 0 nitrogen and oxygen atoms in total. The van der Waals surface area contributed by atoms with Crippen LogP contribution in [0, 0.1) is 23.2 Å². The summed E-state index contributed by atoms with van der Waals surface area (Å²) in [6.45, 7) is 7.20. The van der Waals surface area contributed by atoms with E-state index in [1.54, 1.807) is 19.3 Å². The SMILES string of the molecule is CCC(C)C(C)C1CC12CC2. The molecule has 2 rings (SSSR count). The van der Waals surface area contributed by atoms with E-state index in [1.807, 2.05) is 0 Å². The van der Waals surface area contributed by atoms with Crippen LogP contribution in [0.25, 0.3) is 0 Å². The molecule has 0 bridgehead atoms. The molecule has 2 fully saturated rings. The van der Waals surface area contributed by atoms with Crippen LogP contribution in [-0.2, 0) is 0 Å². The summed E-state index contributed by atoms with van der Waals surface area (Å²) in [4.78, 5) is 0. The van der Waals surface area contributed by atoms with Gasteiger partial charge in [-0.25, -0.2) is 0 Å². The highest BCUT2D eigenvalue weighted by Gasteiger charge is 2.64. The molecular weight excluding hydrogens is 132 g/mol. The van der Waals surface area contributed by atoms with Gasteiger partial charge in [-0.2, -0.15) is 0 Å². The summed E-state index contributed by atoms with van der Waals surface area (Å²) < 4.78 is 0. The Labute approximate surface area is 70.4 Å². The summed E-state index contributed by atoms with van der Waals surface area (Å²) in [5.74, 6) is 3.08. The van der Waals surface area contributed by atoms with Gasteiger partial charge in [0.05, 0.1) is 0 Å². The fourth-order valence-electron chi connectivity index (χ4n) is 2.63. The molecule has 0 aromatic carbocycles. The van der Waals surface area contributed by atoms with Crippen molar-refractivity contribution < 1.29 is 0 Å². The molecule has 0 heteroatoms. The molecule has 64 valence electrons. The third kappa shape index (κ3) is 1.11. The van der Waals surface area contributed by atoms with E-state index < -0.39 is 0 Å². The molecule has 0 radical (unpaired) electrons. The van der Waals surface area contributed by atoms with Gasteiger partial charge in [-0.05, 0) is 42.4 Å². The molecule has 3 atom stereocenters. The van der Waals surface area contributed by atoms with Crippen LogP contribution >= 0.6 is 0 Å². The Bertz CT molecular complexity index is 155. The van der Waals surface area contributed by atoms with E-state index in [0.717, 1.165) is 23.2 Å². The van der Waals surface area contributed by atoms with Crippen LogP contribution in [0.2, 0.25) is 0 Å². The zero-order valence-electron chi connectivity index (χ0n) is 8.06. The molecule has 1 spiro atoms. The maximum Gasteiger partial charge on any atom is -0.0263 e. The Kier molecular flexibility index (Phi) is 1.56. The molecule has 2 saturated carbocycles. The van der Waals surface area contributed by atoms with Crippen LogP contribution in [0.1, 0.15) is 46.5 Å². The second kappa shape index (κ2) is 2.24. The molecule has 0 N–H and O–H groups in total. The summed E-state index contributed by atoms with van der Waals surface area (Å²) in [5.41, 5.74) is 0.919. The van der Waals surface area contributed by atoms with Crippen LogP contribution in [-0.4, -0.2) is 0 Å². The third-order valence-electron chi connectivity index (χ3n) is 4.32. The first-order valence-electron chi connectivity index (χ1n) is 5.19. The van der Waals surface area contributed by atoms with Crippen LogP contribution in [0.5, 0.6) is 0 Å². The lowest BCUT2D eigenvalue weighted by molar-refractivity contribution is 0.319. The predicted octanol–water partition coefficient (Wildman–Crippen LogP) is 3.47. The van der Waals surface area contributed by atoms with E-state index in [4.69, 9.17) is 0 Å². The minimum atomic E-state index is 0.919. The van der Waals surface area contributed by atoms with E-state index in [0.29, 0.717) is 0 Å². The van der Waals surface area contributed by atoms with Crippen molar-refractivity contribution in [3.63, 3.8) is 0 Å². The molecule has 0 amide bonds. The molecule has 0 heterocycles. The lowest BCUT2D eigenvalue weighted by Gasteiger charge is -2.17. The molecule has 0 aromatic rings. The van der Waals surface area contributed by atoms with Crippen molar-refractivity contribution in [3.8, 4) is 0 Å². The Hall–Kier alpha value is 0. The van der Waals surface area contributed by atoms with Gasteiger partial charge in [-0.1, -0.05) is 27.2 Å². The van der Waals surface area contributed by atoms with Gasteiger partial charge in [0.25, 0.3) is 0 Å². The number of hydrogen-bond acceptors (Lipinski definition) is 0. The van der Waals surface area contributed by atoms with E-state index >= 15 is 0 Å². The average molecular weight is 152 g/mol. The van der Waals surface area contributed by atoms with E-state index in [1.165, 1.54) is 6.42 Å². The second-order valence-corrected chi connectivity index (χ2v) is 4.92. The minimum absolute atomic E-state index is 0.919. The van der Waals surface area contributed by atoms with Crippen molar-refractivity contribution in [3.05, 3.63) is 0 Å². The van der Waals surface area contributed by atoms with Crippen molar-refractivity contribution in [2.24, 2.45) is 23.2 Å². The average Bonchev–Trinajstić information content (AvgIpc) is 2.91. The van der Waals surface area contributed by atoms with Gasteiger partial charge < -0.3 is 0 Å². The zero-order chi connectivity index (χ0) is 8.06. The van der Waals surface area contributed by atoms with Crippen molar-refractivity contribution in [2.75, 3.05) is 0 Å². The van der Waals surface area contributed by atoms with Crippen LogP contribution < -0.4 is 0 Å². The van der Waals surface area contributed by atoms with Crippen molar-refractivity contribution in [2.45, 2.75) is 46.5 Å². The Morgan fingerprint density at radius 2 is 2.00 bits per heavy atom. The van der Waals surface area contributed by atoms with Gasteiger partial charge >= 0.3 is 0 Å². The van der Waals surface area contributed by atoms with Gasteiger partial charge in [0.2, 0.25) is 0 Å². The van der Waals surface area contributed by atoms with Gasteiger partial charge in [0, 0.05) is 0 Å². The molecule has 0 aromatic heterocycles. The Morgan fingerprint density at radius 3 is 2.36 bits per heavy atom. The quantitative estimate of drug-likeness (QED) is 0.581. The first kappa shape index (κ1) is 7.64. The van der Waals surface area contributed by atoms with Gasteiger partial charge in [-0.3, -0.25) is 0 Å². The van der Waals surface area contributed by atoms with Gasteiger partial charge in [-0.15, -0.1) is 0 Å². The van der Waals surface area contributed by atoms with Crippen LogP contribution in [0.4, 0.5) is 0 Å². The normalized spacial score (nSPS) is 36.8. The monoisotopic (exact) mass is 152 g/mol. The smallest absolute Gasteiger partial charge is 0.0263 e. The molecule has 2 aliphatic rings. The predicted molar refractivity (Wildman–Crippen MR) is 48.4 cm³/mol. The fourth-order valence-corrected chi connectivity index (χ4v) is 2.63. The Balaban J connectivity index is 1.86. The molecule has 0 saturated heterocycles.